The van der Waals surface area contributed by atoms with E-state index in [0.29, 0.717) is 11.4 Å². The molecule has 112 valence electrons. The molecule has 2 amide bonds. The van der Waals surface area contributed by atoms with Gasteiger partial charge in [-0.15, -0.1) is 0 Å². The summed E-state index contributed by atoms with van der Waals surface area (Å²) in [6.45, 7) is 0. The summed E-state index contributed by atoms with van der Waals surface area (Å²) >= 11 is 0. The Morgan fingerprint density at radius 1 is 1.05 bits per heavy atom. The van der Waals surface area contributed by atoms with Gasteiger partial charge < -0.3 is 20.7 Å². The highest BCUT2D eigenvalue weighted by molar-refractivity contribution is 6.58. The molecule has 0 atom stereocenters. The van der Waals surface area contributed by atoms with Crippen LogP contribution in [0.1, 0.15) is 0 Å². The Bertz CT molecular complexity index is 690. The number of benzene rings is 2. The van der Waals surface area contributed by atoms with Gasteiger partial charge in [-0.3, -0.25) is 10.1 Å². The van der Waals surface area contributed by atoms with Crippen molar-refractivity contribution in [2.24, 2.45) is 0 Å². The van der Waals surface area contributed by atoms with Gasteiger partial charge in [0.25, 0.3) is 5.69 Å². The van der Waals surface area contributed by atoms with Crippen molar-refractivity contribution in [2.75, 3.05) is 10.6 Å². The number of amides is 2. The minimum absolute atomic E-state index is 0.0735. The fourth-order valence-corrected chi connectivity index (χ4v) is 1.74. The number of carbonyl (C=O) groups is 1. The highest BCUT2D eigenvalue weighted by atomic mass is 16.6. The van der Waals surface area contributed by atoms with Crippen LogP contribution in [0.15, 0.2) is 48.5 Å². The summed E-state index contributed by atoms with van der Waals surface area (Å²) in [5, 5.41) is 33.7. The third-order valence-corrected chi connectivity index (χ3v) is 2.78. The second kappa shape index (κ2) is 6.70. The summed E-state index contributed by atoms with van der Waals surface area (Å²) in [6.07, 6.45) is 0. The van der Waals surface area contributed by atoms with E-state index in [9.17, 15) is 14.9 Å². The first-order chi connectivity index (χ1) is 10.5. The number of nitrogens with one attached hydrogen (secondary N) is 2. The van der Waals surface area contributed by atoms with Crippen LogP contribution in [0, 0.1) is 10.1 Å². The first-order valence-electron chi connectivity index (χ1n) is 6.24. The number of hydrogen-bond donors (Lipinski definition) is 4. The fourth-order valence-electron chi connectivity index (χ4n) is 1.74. The number of nitro benzene ring substituents is 1. The van der Waals surface area contributed by atoms with E-state index in [0.717, 1.165) is 0 Å². The number of urea groups is 1. The van der Waals surface area contributed by atoms with E-state index in [1.165, 1.54) is 36.4 Å². The Morgan fingerprint density at radius 2 is 1.68 bits per heavy atom. The van der Waals surface area contributed by atoms with Gasteiger partial charge in [-0.2, -0.15) is 0 Å². The molecular formula is C13H12BN3O5. The van der Waals surface area contributed by atoms with Crippen molar-refractivity contribution in [3.63, 3.8) is 0 Å². The molecule has 2 aromatic carbocycles. The molecule has 0 aromatic heterocycles. The van der Waals surface area contributed by atoms with E-state index >= 15 is 0 Å². The molecule has 22 heavy (non-hydrogen) atoms. The van der Waals surface area contributed by atoms with E-state index in [1.807, 2.05) is 0 Å². The Labute approximate surface area is 125 Å². The molecule has 2 rings (SSSR count). The van der Waals surface area contributed by atoms with Gasteiger partial charge in [0.1, 0.15) is 0 Å². The molecule has 0 aliphatic heterocycles. The molecule has 2 aromatic rings. The zero-order valence-corrected chi connectivity index (χ0v) is 11.3. The van der Waals surface area contributed by atoms with Crippen molar-refractivity contribution in [1.82, 2.24) is 0 Å². The van der Waals surface area contributed by atoms with Crippen LogP contribution in [0.3, 0.4) is 0 Å². The minimum atomic E-state index is -1.63. The van der Waals surface area contributed by atoms with Crippen LogP contribution in [0.4, 0.5) is 21.9 Å². The van der Waals surface area contributed by atoms with Gasteiger partial charge in [0.2, 0.25) is 0 Å². The van der Waals surface area contributed by atoms with Crippen LogP contribution in [0.2, 0.25) is 0 Å². The van der Waals surface area contributed by atoms with Crippen LogP contribution < -0.4 is 16.1 Å². The lowest BCUT2D eigenvalue weighted by molar-refractivity contribution is -0.384. The zero-order valence-electron chi connectivity index (χ0n) is 11.3. The van der Waals surface area contributed by atoms with Crippen molar-refractivity contribution >= 4 is 35.7 Å². The molecule has 0 saturated heterocycles. The van der Waals surface area contributed by atoms with E-state index in [-0.39, 0.29) is 11.2 Å². The lowest BCUT2D eigenvalue weighted by Crippen LogP contribution is -2.30. The molecule has 0 fully saturated rings. The van der Waals surface area contributed by atoms with Crippen molar-refractivity contribution in [2.45, 2.75) is 0 Å². The Kier molecular flexibility index (Phi) is 4.71. The normalized spacial score (nSPS) is 9.91. The standard InChI is InChI=1S/C13H12BN3O5/c18-13(15-10-4-6-12(7-5-10)17(21)22)16-11-3-1-2-9(8-11)14(19)20/h1-8,19-20H,(H2,15,16,18). The topological polar surface area (TPSA) is 125 Å². The molecule has 0 heterocycles. The molecule has 0 saturated carbocycles. The summed E-state index contributed by atoms with van der Waals surface area (Å²) in [5.74, 6) is 0. The van der Waals surface area contributed by atoms with Gasteiger partial charge in [-0.25, -0.2) is 4.79 Å². The average molecular weight is 301 g/mol. The monoisotopic (exact) mass is 301 g/mol. The maximum Gasteiger partial charge on any atom is 0.488 e. The highest BCUT2D eigenvalue weighted by Crippen LogP contribution is 2.15. The molecule has 0 radical (unpaired) electrons. The molecule has 0 bridgehead atoms. The van der Waals surface area contributed by atoms with E-state index in [2.05, 4.69) is 10.6 Å². The summed E-state index contributed by atoms with van der Waals surface area (Å²) in [6, 6.07) is 10.9. The highest BCUT2D eigenvalue weighted by Gasteiger charge is 2.12. The predicted octanol–water partition coefficient (Wildman–Crippen LogP) is 0.919. The number of rotatable bonds is 4. The average Bonchev–Trinajstić information content (AvgIpc) is 2.47. The molecule has 0 aliphatic carbocycles. The first-order valence-corrected chi connectivity index (χ1v) is 6.24. The quantitative estimate of drug-likeness (QED) is 0.379. The SMILES string of the molecule is O=C(Nc1ccc([N+](=O)[O-])cc1)Nc1cccc(B(O)O)c1. The third kappa shape index (κ3) is 4.04. The number of hydrogen-bond acceptors (Lipinski definition) is 5. The van der Waals surface area contributed by atoms with Crippen LogP contribution in [-0.2, 0) is 0 Å². The molecule has 4 N–H and O–H groups in total. The third-order valence-electron chi connectivity index (χ3n) is 2.78. The van der Waals surface area contributed by atoms with Crippen molar-refractivity contribution < 1.29 is 19.8 Å². The van der Waals surface area contributed by atoms with Crippen LogP contribution in [0.5, 0.6) is 0 Å². The Balaban J connectivity index is 2.00. The summed E-state index contributed by atoms with van der Waals surface area (Å²) in [7, 11) is -1.63. The second-order valence-electron chi connectivity index (χ2n) is 4.38. The van der Waals surface area contributed by atoms with Gasteiger partial charge in [0.15, 0.2) is 0 Å². The smallest absolute Gasteiger partial charge is 0.423 e. The number of nitrogens with zero attached hydrogens (tertiary/aromatic N) is 1. The molecule has 0 unspecified atom stereocenters. The van der Waals surface area contributed by atoms with Gasteiger partial charge in [-0.05, 0) is 29.7 Å². The fraction of sp³-hybridized carbons (Fsp3) is 0. The van der Waals surface area contributed by atoms with Crippen LogP contribution in [0.25, 0.3) is 0 Å². The van der Waals surface area contributed by atoms with Crippen LogP contribution in [-0.4, -0.2) is 28.1 Å². The van der Waals surface area contributed by atoms with Gasteiger partial charge in [0, 0.05) is 23.5 Å². The molecule has 0 aliphatic rings. The first kappa shape index (κ1) is 15.5. The lowest BCUT2D eigenvalue weighted by atomic mass is 9.80. The zero-order chi connectivity index (χ0) is 16.1. The van der Waals surface area contributed by atoms with Crippen molar-refractivity contribution in [1.29, 1.82) is 0 Å². The van der Waals surface area contributed by atoms with E-state index in [1.54, 1.807) is 12.1 Å². The Hall–Kier alpha value is -2.91. The number of anilines is 2. The van der Waals surface area contributed by atoms with E-state index < -0.39 is 18.1 Å². The predicted molar refractivity (Wildman–Crippen MR) is 82.0 cm³/mol. The maximum atomic E-state index is 11.8. The number of carbonyl (C=O) groups excluding carboxylic acids is 1. The molecule has 8 nitrogen and oxygen atoms in total. The second-order valence-corrected chi connectivity index (χ2v) is 4.38. The van der Waals surface area contributed by atoms with Gasteiger partial charge in [-0.1, -0.05) is 12.1 Å². The Morgan fingerprint density at radius 3 is 2.27 bits per heavy atom. The van der Waals surface area contributed by atoms with Gasteiger partial charge in [0.05, 0.1) is 4.92 Å². The molecule has 9 heteroatoms. The summed E-state index contributed by atoms with van der Waals surface area (Å²) in [5.41, 5.74) is 0.940. The van der Waals surface area contributed by atoms with Gasteiger partial charge >= 0.3 is 13.1 Å². The minimum Gasteiger partial charge on any atom is -0.423 e. The maximum absolute atomic E-state index is 11.8. The summed E-state index contributed by atoms with van der Waals surface area (Å²) < 4.78 is 0. The van der Waals surface area contributed by atoms with E-state index in [4.69, 9.17) is 10.0 Å². The number of nitro groups is 1. The number of non-ortho nitro benzene ring substituents is 1. The molecular weight excluding hydrogens is 289 g/mol. The van der Waals surface area contributed by atoms with Crippen molar-refractivity contribution in [3.8, 4) is 0 Å². The molecule has 0 spiro atoms. The van der Waals surface area contributed by atoms with Crippen LogP contribution >= 0.6 is 0 Å². The largest absolute Gasteiger partial charge is 0.488 e. The van der Waals surface area contributed by atoms with Crippen molar-refractivity contribution in [3.05, 3.63) is 58.6 Å². The summed E-state index contributed by atoms with van der Waals surface area (Å²) in [4.78, 5) is 21.8. The lowest BCUT2D eigenvalue weighted by Gasteiger charge is -2.08.